The van der Waals surface area contributed by atoms with Crippen molar-refractivity contribution in [3.05, 3.63) is 65.5 Å². The van der Waals surface area contributed by atoms with Gasteiger partial charge in [-0.1, -0.05) is 31.6 Å². The smallest absolute Gasteiger partial charge is 0.326 e. The second kappa shape index (κ2) is 21.7. The van der Waals surface area contributed by atoms with Gasteiger partial charge in [0.2, 0.25) is 11.9 Å². The standard InChI is InChI=1S/C49H65FN10O11/c1-28-23-35-34-10-7-30-24-33(61)13-14-46(30,2)48(34,50)37(62)25-47(35,3)49(28,68)44(67)54-16-18-70-20-22-71-21-19-69-17-15-53-38(63)12-11-36(43(65)66)57-42(64)29-5-8-32(9-6-29)60(4)27-31-26-55-41-39(56-31)40(51)58-45(52)59-41/h5-9,13-14,26,28,34-37,62,68H,10-12,15-25,27H2,1-4H3,(H,53,63)(H,54,67)(H,57,64)(H,65,66)(H4,51,52,55,58,59)/t28-,34?,35+,36+,37+,46+,47+,48+,49+/m1/s1. The maximum atomic E-state index is 17.4. The number of carbonyl (C=O) groups is 5. The summed E-state index contributed by atoms with van der Waals surface area (Å²) in [5.74, 6) is -4.40. The summed E-state index contributed by atoms with van der Waals surface area (Å²) in [6.07, 6.45) is 5.44. The molecule has 71 heavy (non-hydrogen) atoms. The maximum absolute atomic E-state index is 17.4. The first-order valence-electron chi connectivity index (χ1n) is 23.9. The van der Waals surface area contributed by atoms with Gasteiger partial charge in [0.15, 0.2) is 34.0 Å². The Morgan fingerprint density at radius 1 is 0.958 bits per heavy atom. The number of benzene rings is 1. The number of carboxylic acid groups (broad SMARTS) is 1. The minimum absolute atomic E-state index is 0.00195. The number of carbonyl (C=O) groups excluding carboxylic acids is 4. The highest BCUT2D eigenvalue weighted by Gasteiger charge is 2.75. The van der Waals surface area contributed by atoms with E-state index in [4.69, 9.17) is 25.7 Å². The summed E-state index contributed by atoms with van der Waals surface area (Å²) < 4.78 is 34.1. The monoisotopic (exact) mass is 988 g/mol. The molecule has 9 atom stereocenters. The molecule has 1 aromatic carbocycles. The number of nitrogen functional groups attached to an aromatic ring is 2. The summed E-state index contributed by atoms with van der Waals surface area (Å²) >= 11 is 0. The molecule has 2 saturated carbocycles. The van der Waals surface area contributed by atoms with E-state index in [2.05, 4.69) is 35.9 Å². The maximum Gasteiger partial charge on any atom is 0.326 e. The minimum Gasteiger partial charge on any atom is -0.480 e. The van der Waals surface area contributed by atoms with Gasteiger partial charge in [-0.05, 0) is 74.8 Å². The van der Waals surface area contributed by atoms with Crippen molar-refractivity contribution in [3.8, 4) is 0 Å². The molecule has 3 aromatic rings. The fraction of sp³-hybridized carbons (Fsp3) is 0.571. The van der Waals surface area contributed by atoms with Crippen molar-refractivity contribution >= 4 is 58.1 Å². The van der Waals surface area contributed by atoms with Crippen LogP contribution in [0.4, 0.5) is 21.8 Å². The molecule has 384 valence electrons. The summed E-state index contributed by atoms with van der Waals surface area (Å²) in [6, 6.07) is 5.22. The van der Waals surface area contributed by atoms with Crippen molar-refractivity contribution in [1.82, 2.24) is 35.9 Å². The third kappa shape index (κ3) is 10.6. The van der Waals surface area contributed by atoms with Gasteiger partial charge in [-0.15, -0.1) is 0 Å². The number of hydrogen-bond acceptors (Lipinski definition) is 17. The van der Waals surface area contributed by atoms with Crippen molar-refractivity contribution < 1.29 is 57.9 Å². The fourth-order valence-electron chi connectivity index (χ4n) is 11.2. The topological polar surface area (TPSA) is 317 Å². The Bertz CT molecular complexity index is 2550. The van der Waals surface area contributed by atoms with E-state index in [-0.39, 0.29) is 113 Å². The number of nitrogens with zero attached hydrogens (tertiary/aromatic N) is 5. The van der Waals surface area contributed by atoms with Crippen LogP contribution in [0.15, 0.2) is 54.3 Å². The number of carboxylic acids is 1. The molecular formula is C49H65FN10O11. The number of allylic oxidation sites excluding steroid dienone is 4. The van der Waals surface area contributed by atoms with Gasteiger partial charge in [0.1, 0.15) is 6.04 Å². The molecule has 4 aliphatic rings. The molecular weight excluding hydrogens is 924 g/mol. The van der Waals surface area contributed by atoms with Crippen molar-refractivity contribution in [2.45, 2.75) is 89.3 Å². The van der Waals surface area contributed by atoms with Gasteiger partial charge in [-0.3, -0.25) is 19.2 Å². The lowest BCUT2D eigenvalue weighted by molar-refractivity contribution is -0.215. The normalized spacial score (nSPS) is 28.0. The summed E-state index contributed by atoms with van der Waals surface area (Å²) in [5.41, 5.74) is 8.25. The van der Waals surface area contributed by atoms with Gasteiger partial charge in [-0.2, -0.15) is 9.97 Å². The molecule has 21 nitrogen and oxygen atoms in total. The average Bonchev–Trinajstić information content (AvgIpc) is 3.53. The van der Waals surface area contributed by atoms with Crippen LogP contribution in [0, 0.1) is 28.6 Å². The lowest BCUT2D eigenvalue weighted by atomic mass is 9.45. The molecule has 0 saturated heterocycles. The SMILES string of the molecule is C[C@@H]1C[C@H]2C3CC=C4CC(=O)C=C[C@]4(C)[C@@]3(F)[C@@H](O)C[C@]2(C)[C@@]1(O)C(=O)NCCOCCOCCOCCNC(=O)CC[C@H](NC(=O)c1ccc(N(C)Cc2cnc3nc(N)nc(N)c3n2)cc1)C(=O)O. The van der Waals surface area contributed by atoms with Crippen LogP contribution in [-0.2, 0) is 39.9 Å². The highest BCUT2D eigenvalue weighted by atomic mass is 19.1. The van der Waals surface area contributed by atoms with Gasteiger partial charge in [0.05, 0.1) is 64.2 Å². The quantitative estimate of drug-likeness (QED) is 0.0526. The van der Waals surface area contributed by atoms with E-state index in [1.165, 1.54) is 6.08 Å². The van der Waals surface area contributed by atoms with Crippen LogP contribution in [0.25, 0.3) is 11.2 Å². The third-order valence-electron chi connectivity index (χ3n) is 15.1. The molecule has 1 unspecified atom stereocenters. The molecule has 7 rings (SSSR count). The number of aliphatic hydroxyl groups excluding tert-OH is 1. The number of aliphatic hydroxyl groups is 2. The van der Waals surface area contributed by atoms with Crippen LogP contribution in [0.3, 0.4) is 0 Å². The van der Waals surface area contributed by atoms with Crippen molar-refractivity contribution in [3.63, 3.8) is 0 Å². The molecule has 0 aliphatic heterocycles. The Balaban J connectivity index is 0.730. The Hall–Kier alpha value is -6.20. The number of anilines is 3. The molecule has 10 N–H and O–H groups in total. The second-order valence-corrected chi connectivity index (χ2v) is 19.4. The molecule has 2 heterocycles. The van der Waals surface area contributed by atoms with E-state index in [9.17, 15) is 39.3 Å². The van der Waals surface area contributed by atoms with E-state index in [1.54, 1.807) is 57.3 Å². The molecule has 3 amide bonds. The van der Waals surface area contributed by atoms with E-state index >= 15 is 4.39 Å². The summed E-state index contributed by atoms with van der Waals surface area (Å²) in [5, 5.41) is 41.4. The Kier molecular flexibility index (Phi) is 16.0. The molecule has 4 aliphatic carbocycles. The molecule has 0 spiro atoms. The minimum atomic E-state index is -2.05. The van der Waals surface area contributed by atoms with E-state index in [0.717, 1.165) is 5.69 Å². The highest BCUT2D eigenvalue weighted by Crippen LogP contribution is 2.70. The van der Waals surface area contributed by atoms with Crippen LogP contribution in [0.2, 0.25) is 0 Å². The van der Waals surface area contributed by atoms with Crippen LogP contribution < -0.4 is 32.3 Å². The number of rotatable bonds is 22. The van der Waals surface area contributed by atoms with Crippen LogP contribution in [0.5, 0.6) is 0 Å². The molecule has 2 fully saturated rings. The van der Waals surface area contributed by atoms with E-state index < -0.39 is 69.8 Å². The lowest BCUT2D eigenvalue weighted by Crippen LogP contribution is -2.69. The zero-order chi connectivity index (χ0) is 51.3. The van der Waals surface area contributed by atoms with Crippen LogP contribution in [0.1, 0.15) is 75.3 Å². The first-order valence-corrected chi connectivity index (χ1v) is 23.9. The predicted octanol–water partition coefficient (Wildman–Crippen LogP) is 1.81. The molecule has 0 radical (unpaired) electrons. The number of hydrogen-bond donors (Lipinski definition) is 8. The number of ketones is 1. The number of ether oxygens (including phenoxy) is 3. The van der Waals surface area contributed by atoms with Crippen LogP contribution in [-0.4, -0.2) is 148 Å². The zero-order valence-corrected chi connectivity index (χ0v) is 40.5. The number of alkyl halides is 1. The molecule has 22 heteroatoms. The zero-order valence-electron chi connectivity index (χ0n) is 40.5. The number of nitrogens with one attached hydrogen (secondary N) is 3. The average molecular weight is 989 g/mol. The van der Waals surface area contributed by atoms with E-state index in [1.807, 2.05) is 18.0 Å². The fourth-order valence-corrected chi connectivity index (χ4v) is 11.2. The molecule has 0 bridgehead atoms. The largest absolute Gasteiger partial charge is 0.480 e. The number of fused-ring (bicyclic) bond motifs is 6. The van der Waals surface area contributed by atoms with Gasteiger partial charge in [-0.25, -0.2) is 19.2 Å². The summed E-state index contributed by atoms with van der Waals surface area (Å²) in [7, 11) is 1.82. The van der Waals surface area contributed by atoms with Gasteiger partial charge < -0.3 is 61.8 Å². The van der Waals surface area contributed by atoms with Crippen molar-refractivity contribution in [2.24, 2.45) is 28.6 Å². The van der Waals surface area contributed by atoms with Crippen LogP contribution >= 0.6 is 0 Å². The Morgan fingerprint density at radius 3 is 2.30 bits per heavy atom. The van der Waals surface area contributed by atoms with Gasteiger partial charge >= 0.3 is 5.97 Å². The Morgan fingerprint density at radius 2 is 1.62 bits per heavy atom. The Labute approximate surface area is 410 Å². The lowest BCUT2D eigenvalue weighted by Gasteiger charge is -2.61. The van der Waals surface area contributed by atoms with Crippen molar-refractivity contribution in [2.75, 3.05) is 76.1 Å². The first-order chi connectivity index (χ1) is 33.7. The number of aromatic nitrogens is 4. The van der Waals surface area contributed by atoms with Gasteiger partial charge in [0, 0.05) is 61.0 Å². The molecule has 2 aromatic heterocycles. The van der Waals surface area contributed by atoms with Crippen molar-refractivity contribution in [1.29, 1.82) is 0 Å². The first kappa shape index (κ1) is 52.6. The summed E-state index contributed by atoms with van der Waals surface area (Å²) in [6.45, 7) is 7.22. The number of aliphatic carboxylic acids is 1. The number of halogens is 1. The second-order valence-electron chi connectivity index (χ2n) is 19.4. The number of amides is 3. The number of nitrogens with two attached hydrogens (primary N) is 2. The van der Waals surface area contributed by atoms with Gasteiger partial charge in [0.25, 0.3) is 11.8 Å². The third-order valence-corrected chi connectivity index (χ3v) is 15.1. The predicted molar refractivity (Wildman–Crippen MR) is 257 cm³/mol. The summed E-state index contributed by atoms with van der Waals surface area (Å²) in [4.78, 5) is 81.8. The van der Waals surface area contributed by atoms with E-state index in [0.29, 0.717) is 36.2 Å². The highest BCUT2D eigenvalue weighted by molar-refractivity contribution is 5.97.